The van der Waals surface area contributed by atoms with Crippen LogP contribution in [0.5, 0.6) is 0 Å². The second-order valence-corrected chi connectivity index (χ2v) is 4.16. The minimum Gasteiger partial charge on any atom is -0.268 e. The molecule has 0 saturated heterocycles. The summed E-state index contributed by atoms with van der Waals surface area (Å²) in [6.45, 7) is 0. The maximum absolute atomic E-state index is 12.4. The highest BCUT2D eigenvalue weighted by Crippen LogP contribution is 2.11. The summed E-state index contributed by atoms with van der Waals surface area (Å²) < 4.78 is 1.43. The van der Waals surface area contributed by atoms with Crippen molar-refractivity contribution in [1.82, 2.24) is 14.5 Å². The van der Waals surface area contributed by atoms with E-state index in [4.69, 9.17) is 7.85 Å². The van der Waals surface area contributed by atoms with Crippen LogP contribution in [0.4, 0.5) is 0 Å². The molecule has 0 unspecified atom stereocenters. The van der Waals surface area contributed by atoms with E-state index in [1.807, 2.05) is 18.2 Å². The topological polar surface area (TPSA) is 47.8 Å². The van der Waals surface area contributed by atoms with E-state index in [0.29, 0.717) is 23.0 Å². The lowest BCUT2D eigenvalue weighted by Crippen LogP contribution is -2.19. The lowest BCUT2D eigenvalue weighted by atomic mass is 9.96. The first-order valence-electron chi connectivity index (χ1n) is 5.91. The Morgan fingerprint density at radius 1 is 1.16 bits per heavy atom. The standard InChI is InChI=1S/C14H10BN3O/c15-8-10-4-5-12-11(7-10)14(19)18(9-17-12)13-3-1-2-6-16-13/h1-7,9H,8H2. The molecule has 2 aromatic heterocycles. The molecular weight excluding hydrogens is 237 g/mol. The van der Waals surface area contributed by atoms with Crippen molar-refractivity contribution in [2.24, 2.45) is 0 Å². The van der Waals surface area contributed by atoms with Gasteiger partial charge in [-0.1, -0.05) is 24.0 Å². The van der Waals surface area contributed by atoms with Gasteiger partial charge in [0, 0.05) is 6.20 Å². The minimum absolute atomic E-state index is 0.140. The van der Waals surface area contributed by atoms with Crippen molar-refractivity contribution in [2.75, 3.05) is 0 Å². The number of rotatable bonds is 2. The first-order valence-corrected chi connectivity index (χ1v) is 5.91. The lowest BCUT2D eigenvalue weighted by Gasteiger charge is -2.06. The molecule has 0 saturated carbocycles. The Kier molecular flexibility index (Phi) is 2.87. The predicted molar refractivity (Wildman–Crippen MR) is 74.6 cm³/mol. The van der Waals surface area contributed by atoms with Gasteiger partial charge >= 0.3 is 0 Å². The molecule has 0 aliphatic heterocycles. The molecule has 2 heterocycles. The van der Waals surface area contributed by atoms with Crippen LogP contribution in [0.3, 0.4) is 0 Å². The summed E-state index contributed by atoms with van der Waals surface area (Å²) in [6.07, 6.45) is 3.53. The number of benzene rings is 1. The molecule has 0 atom stereocenters. The molecule has 0 bridgehead atoms. The van der Waals surface area contributed by atoms with Gasteiger partial charge in [0.05, 0.1) is 18.7 Å². The van der Waals surface area contributed by atoms with Gasteiger partial charge in [0.15, 0.2) is 0 Å². The number of hydrogen-bond donors (Lipinski definition) is 0. The molecular formula is C14H10BN3O. The van der Waals surface area contributed by atoms with E-state index in [1.54, 1.807) is 24.4 Å². The highest BCUT2D eigenvalue weighted by molar-refractivity contribution is 6.08. The summed E-state index contributed by atoms with van der Waals surface area (Å²) >= 11 is 0. The van der Waals surface area contributed by atoms with E-state index >= 15 is 0 Å². The van der Waals surface area contributed by atoms with Crippen molar-refractivity contribution < 1.29 is 0 Å². The molecule has 0 aliphatic carbocycles. The average Bonchev–Trinajstić information content (AvgIpc) is 2.48. The van der Waals surface area contributed by atoms with E-state index in [-0.39, 0.29) is 5.56 Å². The van der Waals surface area contributed by atoms with Gasteiger partial charge in [-0.3, -0.25) is 9.36 Å². The van der Waals surface area contributed by atoms with Crippen molar-refractivity contribution in [3.63, 3.8) is 0 Å². The number of pyridine rings is 1. The van der Waals surface area contributed by atoms with E-state index < -0.39 is 0 Å². The van der Waals surface area contributed by atoms with Gasteiger partial charge in [0.1, 0.15) is 12.1 Å². The molecule has 0 fully saturated rings. The van der Waals surface area contributed by atoms with Crippen LogP contribution >= 0.6 is 0 Å². The van der Waals surface area contributed by atoms with Crippen molar-refractivity contribution in [1.29, 1.82) is 0 Å². The van der Waals surface area contributed by atoms with Crippen LogP contribution in [0.25, 0.3) is 16.7 Å². The average molecular weight is 247 g/mol. The first-order chi connectivity index (χ1) is 9.29. The Labute approximate surface area is 111 Å². The van der Waals surface area contributed by atoms with Gasteiger partial charge in [0.25, 0.3) is 5.56 Å². The van der Waals surface area contributed by atoms with Gasteiger partial charge in [-0.25, -0.2) is 9.97 Å². The number of hydrogen-bond acceptors (Lipinski definition) is 3. The monoisotopic (exact) mass is 247 g/mol. The van der Waals surface area contributed by atoms with Crippen LogP contribution in [0, 0.1) is 0 Å². The maximum atomic E-state index is 12.4. The molecule has 0 N–H and O–H groups in total. The van der Waals surface area contributed by atoms with Crippen LogP contribution in [0.2, 0.25) is 0 Å². The fraction of sp³-hybridized carbons (Fsp3) is 0.0714. The molecule has 3 rings (SSSR count). The smallest absolute Gasteiger partial charge is 0.266 e. The van der Waals surface area contributed by atoms with Crippen molar-refractivity contribution in [2.45, 2.75) is 6.32 Å². The fourth-order valence-electron chi connectivity index (χ4n) is 1.96. The van der Waals surface area contributed by atoms with Gasteiger partial charge in [0.2, 0.25) is 0 Å². The van der Waals surface area contributed by atoms with Gasteiger partial charge in [-0.2, -0.15) is 0 Å². The normalized spacial score (nSPS) is 10.7. The molecule has 19 heavy (non-hydrogen) atoms. The van der Waals surface area contributed by atoms with Crippen LogP contribution in [-0.2, 0) is 6.32 Å². The highest BCUT2D eigenvalue weighted by atomic mass is 16.1. The van der Waals surface area contributed by atoms with E-state index in [2.05, 4.69) is 9.97 Å². The third kappa shape index (κ3) is 2.03. The molecule has 0 aliphatic rings. The highest BCUT2D eigenvalue weighted by Gasteiger charge is 2.06. The van der Waals surface area contributed by atoms with Crippen LogP contribution in [-0.4, -0.2) is 22.4 Å². The summed E-state index contributed by atoms with van der Waals surface area (Å²) in [5.41, 5.74) is 1.43. The summed E-state index contributed by atoms with van der Waals surface area (Å²) in [4.78, 5) is 20.9. The summed E-state index contributed by atoms with van der Waals surface area (Å²) in [7, 11) is 5.60. The zero-order valence-corrected chi connectivity index (χ0v) is 10.2. The number of nitrogens with zero attached hydrogens (tertiary/aromatic N) is 3. The first kappa shape index (κ1) is 11.7. The largest absolute Gasteiger partial charge is 0.268 e. The third-order valence-electron chi connectivity index (χ3n) is 2.95. The van der Waals surface area contributed by atoms with Gasteiger partial charge in [-0.05, 0) is 24.3 Å². The van der Waals surface area contributed by atoms with Gasteiger partial charge < -0.3 is 0 Å². The molecule has 3 aromatic rings. The molecule has 90 valence electrons. The third-order valence-corrected chi connectivity index (χ3v) is 2.95. The van der Waals surface area contributed by atoms with Crippen LogP contribution in [0.15, 0.2) is 53.7 Å². The Hall–Kier alpha value is -2.43. The van der Waals surface area contributed by atoms with Crippen molar-refractivity contribution in [3.8, 4) is 5.82 Å². The zero-order valence-electron chi connectivity index (χ0n) is 10.2. The summed E-state index contributed by atoms with van der Waals surface area (Å²) in [5.74, 6) is 0.556. The molecule has 2 radical (unpaired) electrons. The second-order valence-electron chi connectivity index (χ2n) is 4.16. The van der Waals surface area contributed by atoms with E-state index in [9.17, 15) is 4.79 Å². The van der Waals surface area contributed by atoms with Crippen LogP contribution in [0.1, 0.15) is 5.56 Å². The fourth-order valence-corrected chi connectivity index (χ4v) is 1.96. The Balaban J connectivity index is 2.29. The SMILES string of the molecule is [B]Cc1ccc2ncn(-c3ccccn3)c(=O)c2c1. The molecule has 1 aromatic carbocycles. The second kappa shape index (κ2) is 4.68. The Bertz CT molecular complexity index is 784. The molecule has 0 amide bonds. The predicted octanol–water partition coefficient (Wildman–Crippen LogP) is 1.45. The van der Waals surface area contributed by atoms with E-state index in [1.165, 1.54) is 10.9 Å². The molecule has 5 heteroatoms. The summed E-state index contributed by atoms with van der Waals surface area (Å²) in [6, 6.07) is 10.9. The Morgan fingerprint density at radius 3 is 2.79 bits per heavy atom. The zero-order chi connectivity index (χ0) is 13.2. The van der Waals surface area contributed by atoms with E-state index in [0.717, 1.165) is 5.56 Å². The maximum Gasteiger partial charge on any atom is 0.266 e. The van der Waals surface area contributed by atoms with Crippen molar-refractivity contribution >= 4 is 18.7 Å². The molecule has 4 nitrogen and oxygen atoms in total. The van der Waals surface area contributed by atoms with Crippen LogP contribution < -0.4 is 5.56 Å². The van der Waals surface area contributed by atoms with Gasteiger partial charge in [-0.15, -0.1) is 0 Å². The summed E-state index contributed by atoms with van der Waals surface area (Å²) in [5, 5.41) is 0.552. The number of fused-ring (bicyclic) bond motifs is 1. The number of aromatic nitrogens is 3. The minimum atomic E-state index is -0.140. The van der Waals surface area contributed by atoms with Crippen molar-refractivity contribution in [3.05, 3.63) is 64.8 Å². The Morgan fingerprint density at radius 2 is 2.05 bits per heavy atom. The quantitative estimate of drug-likeness (QED) is 0.644. The molecule has 0 spiro atoms. The lowest BCUT2D eigenvalue weighted by molar-refractivity contribution is 0.920.